The molecule has 1 rings (SSSR count). The van der Waals surface area contributed by atoms with Crippen LogP contribution in [0.15, 0.2) is 24.5 Å². The summed E-state index contributed by atoms with van der Waals surface area (Å²) in [5.74, 6) is 0.630. The van der Waals surface area contributed by atoms with E-state index in [4.69, 9.17) is 5.73 Å². The van der Waals surface area contributed by atoms with Crippen molar-refractivity contribution in [2.45, 2.75) is 52.7 Å². The number of pyridine rings is 1. The zero-order valence-corrected chi connectivity index (χ0v) is 12.3. The van der Waals surface area contributed by atoms with Crippen LogP contribution in [0.1, 0.15) is 46.2 Å². The molecule has 3 heteroatoms. The van der Waals surface area contributed by atoms with Crippen molar-refractivity contribution < 1.29 is 0 Å². The van der Waals surface area contributed by atoms with E-state index in [9.17, 15) is 0 Å². The van der Waals surface area contributed by atoms with E-state index in [0.717, 1.165) is 6.54 Å². The molecular formula is C15H27N3. The number of nitrogens with two attached hydrogens (primary N) is 1. The van der Waals surface area contributed by atoms with Gasteiger partial charge in [0.2, 0.25) is 0 Å². The third-order valence-electron chi connectivity index (χ3n) is 3.12. The predicted octanol–water partition coefficient (Wildman–Crippen LogP) is 2.84. The van der Waals surface area contributed by atoms with E-state index in [1.165, 1.54) is 5.56 Å². The van der Waals surface area contributed by atoms with Crippen molar-refractivity contribution in [3.63, 3.8) is 0 Å². The van der Waals surface area contributed by atoms with Gasteiger partial charge in [0.1, 0.15) is 0 Å². The molecule has 3 nitrogen and oxygen atoms in total. The molecule has 0 saturated heterocycles. The maximum atomic E-state index is 6.21. The molecule has 0 saturated carbocycles. The van der Waals surface area contributed by atoms with Gasteiger partial charge in [-0.15, -0.1) is 0 Å². The lowest BCUT2D eigenvalue weighted by Crippen LogP contribution is -2.44. The highest BCUT2D eigenvalue weighted by molar-refractivity contribution is 5.16. The molecule has 0 aromatic carbocycles. The van der Waals surface area contributed by atoms with Gasteiger partial charge >= 0.3 is 0 Å². The van der Waals surface area contributed by atoms with Gasteiger partial charge in [0.25, 0.3) is 0 Å². The van der Waals surface area contributed by atoms with Crippen molar-refractivity contribution >= 4 is 0 Å². The van der Waals surface area contributed by atoms with Gasteiger partial charge in [-0.05, 0) is 38.3 Å². The van der Waals surface area contributed by atoms with E-state index >= 15 is 0 Å². The Morgan fingerprint density at radius 3 is 2.28 bits per heavy atom. The van der Waals surface area contributed by atoms with Crippen LogP contribution < -0.4 is 5.73 Å². The van der Waals surface area contributed by atoms with Gasteiger partial charge in [0.15, 0.2) is 0 Å². The number of hydrogen-bond acceptors (Lipinski definition) is 3. The SMILES string of the molecule is CC(C)CN(C(C)C)C(c1cccnc1)C(C)N. The normalized spacial score (nSPS) is 15.4. The third-order valence-corrected chi connectivity index (χ3v) is 3.12. The van der Waals surface area contributed by atoms with Crippen LogP contribution in [-0.2, 0) is 0 Å². The van der Waals surface area contributed by atoms with Gasteiger partial charge in [-0.3, -0.25) is 9.88 Å². The van der Waals surface area contributed by atoms with Crippen LogP contribution in [0.2, 0.25) is 0 Å². The highest BCUT2D eigenvalue weighted by atomic mass is 15.2. The van der Waals surface area contributed by atoms with Gasteiger partial charge in [-0.2, -0.15) is 0 Å². The quantitative estimate of drug-likeness (QED) is 0.843. The Bertz CT molecular complexity index is 333. The first-order chi connectivity index (χ1) is 8.43. The van der Waals surface area contributed by atoms with Crippen molar-refractivity contribution in [3.8, 4) is 0 Å². The highest BCUT2D eigenvalue weighted by Crippen LogP contribution is 2.26. The molecule has 0 fully saturated rings. The van der Waals surface area contributed by atoms with Gasteiger partial charge < -0.3 is 5.73 Å². The first kappa shape index (κ1) is 15.1. The summed E-state index contributed by atoms with van der Waals surface area (Å²) in [6.07, 6.45) is 3.74. The van der Waals surface area contributed by atoms with E-state index in [0.29, 0.717) is 12.0 Å². The molecule has 2 N–H and O–H groups in total. The van der Waals surface area contributed by atoms with Crippen molar-refractivity contribution in [1.29, 1.82) is 0 Å². The van der Waals surface area contributed by atoms with Crippen molar-refractivity contribution in [2.75, 3.05) is 6.54 Å². The first-order valence-electron chi connectivity index (χ1n) is 6.84. The number of nitrogens with zero attached hydrogens (tertiary/aromatic N) is 2. The average Bonchev–Trinajstić information content (AvgIpc) is 2.28. The lowest BCUT2D eigenvalue weighted by Gasteiger charge is -2.38. The number of rotatable bonds is 6. The molecule has 2 unspecified atom stereocenters. The molecule has 0 aliphatic carbocycles. The van der Waals surface area contributed by atoms with Crippen LogP contribution in [-0.4, -0.2) is 28.5 Å². The molecule has 0 bridgehead atoms. The monoisotopic (exact) mass is 249 g/mol. The average molecular weight is 249 g/mol. The molecule has 1 heterocycles. The van der Waals surface area contributed by atoms with Gasteiger partial charge in [-0.25, -0.2) is 0 Å². The molecule has 1 aromatic rings. The fraction of sp³-hybridized carbons (Fsp3) is 0.667. The Kier molecular flexibility index (Phi) is 5.76. The summed E-state index contributed by atoms with van der Waals surface area (Å²) < 4.78 is 0. The number of aromatic nitrogens is 1. The summed E-state index contributed by atoms with van der Waals surface area (Å²) in [6.45, 7) is 12.1. The molecular weight excluding hydrogens is 222 g/mol. The standard InChI is InChI=1S/C15H27N3/c1-11(2)10-18(12(3)4)15(13(5)16)14-7-6-8-17-9-14/h6-9,11-13,15H,10,16H2,1-5H3. The summed E-state index contributed by atoms with van der Waals surface area (Å²) >= 11 is 0. The van der Waals surface area contributed by atoms with Crippen LogP contribution in [0.4, 0.5) is 0 Å². The molecule has 0 spiro atoms. The van der Waals surface area contributed by atoms with Crippen LogP contribution in [0.5, 0.6) is 0 Å². The van der Waals surface area contributed by atoms with E-state index < -0.39 is 0 Å². The van der Waals surface area contributed by atoms with E-state index in [2.05, 4.69) is 50.6 Å². The zero-order valence-electron chi connectivity index (χ0n) is 12.3. The maximum Gasteiger partial charge on any atom is 0.0514 e. The fourth-order valence-corrected chi connectivity index (χ4v) is 2.42. The molecule has 0 radical (unpaired) electrons. The van der Waals surface area contributed by atoms with Crippen LogP contribution in [0, 0.1) is 5.92 Å². The Hall–Kier alpha value is -0.930. The molecule has 102 valence electrons. The van der Waals surface area contributed by atoms with Crippen LogP contribution in [0.3, 0.4) is 0 Å². The van der Waals surface area contributed by atoms with Crippen molar-refractivity contribution in [1.82, 2.24) is 9.88 Å². The summed E-state index contributed by atoms with van der Waals surface area (Å²) in [4.78, 5) is 6.71. The van der Waals surface area contributed by atoms with E-state index in [-0.39, 0.29) is 12.1 Å². The minimum Gasteiger partial charge on any atom is -0.326 e. The lowest BCUT2D eigenvalue weighted by atomic mass is 9.98. The van der Waals surface area contributed by atoms with Gasteiger partial charge in [0.05, 0.1) is 6.04 Å². The van der Waals surface area contributed by atoms with Crippen molar-refractivity contribution in [2.24, 2.45) is 11.7 Å². The smallest absolute Gasteiger partial charge is 0.0514 e. The largest absolute Gasteiger partial charge is 0.326 e. The summed E-state index contributed by atoms with van der Waals surface area (Å²) in [5.41, 5.74) is 7.42. The Labute approximate surface area is 111 Å². The van der Waals surface area contributed by atoms with Gasteiger partial charge in [-0.1, -0.05) is 19.9 Å². The Morgan fingerprint density at radius 1 is 1.22 bits per heavy atom. The number of hydrogen-bond donors (Lipinski definition) is 1. The minimum atomic E-state index is 0.0929. The molecule has 0 aliphatic heterocycles. The molecule has 18 heavy (non-hydrogen) atoms. The van der Waals surface area contributed by atoms with E-state index in [1.54, 1.807) is 0 Å². The van der Waals surface area contributed by atoms with Crippen LogP contribution in [0.25, 0.3) is 0 Å². The zero-order chi connectivity index (χ0) is 13.7. The van der Waals surface area contributed by atoms with E-state index in [1.807, 2.05) is 18.5 Å². The second-order valence-corrected chi connectivity index (χ2v) is 5.77. The van der Waals surface area contributed by atoms with Crippen molar-refractivity contribution in [3.05, 3.63) is 30.1 Å². The summed E-state index contributed by atoms with van der Waals surface area (Å²) in [7, 11) is 0. The minimum absolute atomic E-state index is 0.0929. The Balaban J connectivity index is 3.01. The lowest BCUT2D eigenvalue weighted by molar-refractivity contribution is 0.119. The highest BCUT2D eigenvalue weighted by Gasteiger charge is 2.26. The first-order valence-corrected chi connectivity index (χ1v) is 6.84. The second-order valence-electron chi connectivity index (χ2n) is 5.77. The molecule has 1 aromatic heterocycles. The second kappa shape index (κ2) is 6.86. The topological polar surface area (TPSA) is 42.2 Å². The third kappa shape index (κ3) is 4.07. The fourth-order valence-electron chi connectivity index (χ4n) is 2.42. The molecule has 2 atom stereocenters. The van der Waals surface area contributed by atoms with Crippen LogP contribution >= 0.6 is 0 Å². The summed E-state index contributed by atoms with van der Waals surface area (Å²) in [6, 6.07) is 4.91. The molecule has 0 aliphatic rings. The molecule has 0 amide bonds. The summed E-state index contributed by atoms with van der Waals surface area (Å²) in [5, 5.41) is 0. The van der Waals surface area contributed by atoms with Gasteiger partial charge in [0, 0.05) is 31.0 Å². The Morgan fingerprint density at radius 2 is 1.89 bits per heavy atom. The predicted molar refractivity (Wildman–Crippen MR) is 77.3 cm³/mol. The maximum absolute atomic E-state index is 6.21.